The molecule has 24 heavy (non-hydrogen) atoms. The fourth-order valence-electron chi connectivity index (χ4n) is 1.86. The highest BCUT2D eigenvalue weighted by Gasteiger charge is 2.05. The van der Waals surface area contributed by atoms with Gasteiger partial charge < -0.3 is 14.7 Å². The topological polar surface area (TPSA) is 81.0 Å². The van der Waals surface area contributed by atoms with Crippen LogP contribution in [0.1, 0.15) is 24.5 Å². The lowest BCUT2D eigenvalue weighted by Crippen LogP contribution is -2.10. The number of rotatable bonds is 8. The van der Waals surface area contributed by atoms with Gasteiger partial charge in [-0.3, -0.25) is 0 Å². The summed E-state index contributed by atoms with van der Waals surface area (Å²) in [6.07, 6.45) is 2.17. The molecule has 0 aliphatic rings. The second-order valence-corrected chi connectivity index (χ2v) is 4.86. The number of oxime groups is 1. The molecule has 7 heteroatoms. The van der Waals surface area contributed by atoms with Crippen LogP contribution >= 0.6 is 0 Å². The van der Waals surface area contributed by atoms with Crippen LogP contribution in [0, 0.1) is 5.82 Å². The summed E-state index contributed by atoms with van der Waals surface area (Å²) in [6, 6.07) is 9.29. The van der Waals surface area contributed by atoms with Gasteiger partial charge in [-0.25, -0.2) is 14.2 Å². The van der Waals surface area contributed by atoms with E-state index in [9.17, 15) is 9.18 Å². The van der Waals surface area contributed by atoms with Crippen molar-refractivity contribution in [2.75, 3.05) is 6.61 Å². The Hall–Kier alpha value is -2.96. The molecule has 0 spiro atoms. The number of halogens is 1. The number of ether oxygens (including phenoxy) is 1. The van der Waals surface area contributed by atoms with Crippen LogP contribution in [0.2, 0.25) is 0 Å². The Bertz CT molecular complexity index is 700. The van der Waals surface area contributed by atoms with E-state index in [0.29, 0.717) is 12.1 Å². The van der Waals surface area contributed by atoms with Gasteiger partial charge in [-0.2, -0.15) is 0 Å². The largest absolute Gasteiger partial charge is 0.479 e. The summed E-state index contributed by atoms with van der Waals surface area (Å²) in [5.41, 5.74) is 2.25. The average Bonchev–Trinajstić information content (AvgIpc) is 2.59. The molecule has 2 aromatic rings. The van der Waals surface area contributed by atoms with Crippen LogP contribution in [0.25, 0.3) is 0 Å². The maximum Gasteiger partial charge on any atom is 0.341 e. The zero-order valence-electron chi connectivity index (χ0n) is 13.1. The molecular formula is C17H17FN2O4. The van der Waals surface area contributed by atoms with Gasteiger partial charge >= 0.3 is 5.97 Å². The molecule has 1 aromatic carbocycles. The summed E-state index contributed by atoms with van der Waals surface area (Å²) in [4.78, 5) is 19.8. The summed E-state index contributed by atoms with van der Waals surface area (Å²) < 4.78 is 17.8. The third-order valence-corrected chi connectivity index (χ3v) is 3.07. The predicted molar refractivity (Wildman–Crippen MR) is 85.4 cm³/mol. The zero-order valence-corrected chi connectivity index (χ0v) is 13.1. The third-order valence-electron chi connectivity index (χ3n) is 3.07. The Balaban J connectivity index is 1.96. The fraction of sp³-hybridized carbons (Fsp3) is 0.235. The number of carboxylic acid groups (broad SMARTS) is 1. The van der Waals surface area contributed by atoms with Crippen LogP contribution in [-0.4, -0.2) is 28.4 Å². The minimum absolute atomic E-state index is 0.226. The fourth-order valence-corrected chi connectivity index (χ4v) is 1.86. The molecule has 0 saturated carbocycles. The van der Waals surface area contributed by atoms with Gasteiger partial charge in [0, 0.05) is 17.8 Å². The normalized spacial score (nSPS) is 11.2. The van der Waals surface area contributed by atoms with E-state index in [1.165, 1.54) is 12.1 Å². The third kappa shape index (κ3) is 5.35. The first kappa shape index (κ1) is 17.4. The first-order valence-electron chi connectivity index (χ1n) is 7.32. The van der Waals surface area contributed by atoms with Crippen molar-refractivity contribution >= 4 is 11.7 Å². The van der Waals surface area contributed by atoms with E-state index in [2.05, 4.69) is 10.1 Å². The molecule has 2 rings (SSSR count). The molecule has 0 atom stereocenters. The van der Waals surface area contributed by atoms with Gasteiger partial charge in [-0.1, -0.05) is 24.2 Å². The molecule has 0 aliphatic carbocycles. The number of nitrogens with zero attached hydrogens (tertiary/aromatic N) is 2. The van der Waals surface area contributed by atoms with Gasteiger partial charge in [0.2, 0.25) is 5.88 Å². The molecule has 0 radical (unpaired) electrons. The number of aromatic nitrogens is 1. The van der Waals surface area contributed by atoms with Crippen molar-refractivity contribution in [1.82, 2.24) is 4.98 Å². The van der Waals surface area contributed by atoms with Gasteiger partial charge in [0.05, 0.1) is 5.71 Å². The van der Waals surface area contributed by atoms with E-state index in [0.717, 1.165) is 11.1 Å². The van der Waals surface area contributed by atoms with E-state index < -0.39 is 12.6 Å². The van der Waals surface area contributed by atoms with E-state index in [1.54, 1.807) is 30.5 Å². The molecule has 0 aliphatic heterocycles. The average molecular weight is 332 g/mol. The smallest absolute Gasteiger partial charge is 0.341 e. The van der Waals surface area contributed by atoms with E-state index >= 15 is 0 Å². The van der Waals surface area contributed by atoms with Crippen LogP contribution in [0.5, 0.6) is 5.88 Å². The molecule has 6 nitrogen and oxygen atoms in total. The maximum atomic E-state index is 12.8. The van der Waals surface area contributed by atoms with Crippen LogP contribution in [-0.2, 0) is 16.2 Å². The Kier molecular flexibility index (Phi) is 6.24. The van der Waals surface area contributed by atoms with Crippen LogP contribution in [0.15, 0.2) is 47.8 Å². The van der Waals surface area contributed by atoms with Crippen molar-refractivity contribution in [3.05, 3.63) is 59.5 Å². The number of carbonyl (C=O) groups is 1. The Labute approximate surface area is 138 Å². The Morgan fingerprint density at radius 1 is 1.25 bits per heavy atom. The SMILES string of the molecule is CCC(=NOCc1ccc(F)cc1)c1ccc(OCC(=O)O)nc1. The lowest BCUT2D eigenvalue weighted by Gasteiger charge is -2.06. The second kappa shape index (κ2) is 8.61. The summed E-state index contributed by atoms with van der Waals surface area (Å²) in [5.74, 6) is -1.14. The number of hydrogen-bond donors (Lipinski definition) is 1. The molecular weight excluding hydrogens is 315 g/mol. The summed E-state index contributed by atoms with van der Waals surface area (Å²) in [5, 5.41) is 12.6. The molecule has 0 unspecified atom stereocenters. The highest BCUT2D eigenvalue weighted by atomic mass is 19.1. The quantitative estimate of drug-likeness (QED) is 0.593. The van der Waals surface area contributed by atoms with Crippen molar-refractivity contribution in [1.29, 1.82) is 0 Å². The molecule has 0 saturated heterocycles. The first-order valence-corrected chi connectivity index (χ1v) is 7.32. The van der Waals surface area contributed by atoms with Crippen LogP contribution < -0.4 is 4.74 Å². The van der Waals surface area contributed by atoms with Crippen molar-refractivity contribution in [3.8, 4) is 5.88 Å². The first-order chi connectivity index (χ1) is 11.6. The lowest BCUT2D eigenvalue weighted by atomic mass is 10.1. The number of aliphatic carboxylic acids is 1. The molecule has 0 amide bonds. The summed E-state index contributed by atoms with van der Waals surface area (Å²) in [7, 11) is 0. The lowest BCUT2D eigenvalue weighted by molar-refractivity contribution is -0.139. The van der Waals surface area contributed by atoms with Gasteiger partial charge in [0.1, 0.15) is 12.4 Å². The monoisotopic (exact) mass is 332 g/mol. The molecule has 0 bridgehead atoms. The molecule has 1 aromatic heterocycles. The zero-order chi connectivity index (χ0) is 17.4. The minimum atomic E-state index is -1.06. The van der Waals surface area contributed by atoms with Crippen LogP contribution in [0.4, 0.5) is 4.39 Å². The number of carboxylic acids is 1. The number of benzene rings is 1. The van der Waals surface area contributed by atoms with Crippen molar-refractivity contribution < 1.29 is 23.9 Å². The Morgan fingerprint density at radius 2 is 2.00 bits per heavy atom. The summed E-state index contributed by atoms with van der Waals surface area (Å²) >= 11 is 0. The molecule has 0 fully saturated rings. The van der Waals surface area contributed by atoms with Crippen molar-refractivity contribution in [2.24, 2.45) is 5.16 Å². The summed E-state index contributed by atoms with van der Waals surface area (Å²) in [6.45, 7) is 1.72. The molecule has 1 heterocycles. The predicted octanol–water partition coefficient (Wildman–Crippen LogP) is 3.02. The molecule has 1 N–H and O–H groups in total. The van der Waals surface area contributed by atoms with Crippen molar-refractivity contribution in [2.45, 2.75) is 20.0 Å². The van der Waals surface area contributed by atoms with E-state index in [4.69, 9.17) is 14.7 Å². The second-order valence-electron chi connectivity index (χ2n) is 4.86. The van der Waals surface area contributed by atoms with Gasteiger partial charge in [-0.15, -0.1) is 0 Å². The van der Waals surface area contributed by atoms with Gasteiger partial charge in [-0.05, 0) is 30.2 Å². The van der Waals surface area contributed by atoms with Crippen molar-refractivity contribution in [3.63, 3.8) is 0 Å². The van der Waals surface area contributed by atoms with Crippen LogP contribution in [0.3, 0.4) is 0 Å². The number of pyridine rings is 1. The molecule has 126 valence electrons. The van der Waals surface area contributed by atoms with E-state index in [-0.39, 0.29) is 18.3 Å². The maximum absolute atomic E-state index is 12.8. The van der Waals surface area contributed by atoms with Gasteiger partial charge in [0.15, 0.2) is 6.61 Å². The van der Waals surface area contributed by atoms with Gasteiger partial charge in [0.25, 0.3) is 0 Å². The van der Waals surface area contributed by atoms with E-state index in [1.807, 2.05) is 6.92 Å². The Morgan fingerprint density at radius 3 is 2.58 bits per heavy atom. The standard InChI is InChI=1S/C17H17FN2O4/c1-2-15(20-24-10-12-3-6-14(18)7-4-12)13-5-8-16(19-9-13)23-11-17(21)22/h3-9H,2,10-11H2,1H3,(H,21,22). The minimum Gasteiger partial charge on any atom is -0.479 e. The highest BCUT2D eigenvalue weighted by Crippen LogP contribution is 2.11. The highest BCUT2D eigenvalue weighted by molar-refractivity contribution is 5.99. The number of hydrogen-bond acceptors (Lipinski definition) is 5.